The second kappa shape index (κ2) is 12.6. The van der Waals surface area contributed by atoms with Gasteiger partial charge in [-0.1, -0.05) is 20.8 Å². The van der Waals surface area contributed by atoms with E-state index in [1.54, 1.807) is 5.01 Å². The van der Waals surface area contributed by atoms with E-state index in [9.17, 15) is 23.9 Å². The van der Waals surface area contributed by atoms with Crippen LogP contribution in [0.2, 0.25) is 18.1 Å². The number of nitrogens with zero attached hydrogens (tertiary/aromatic N) is 3. The third-order valence-electron chi connectivity index (χ3n) is 8.55. The number of aromatic nitrogens is 2. The Labute approximate surface area is 247 Å². The van der Waals surface area contributed by atoms with E-state index in [1.807, 2.05) is 13.8 Å². The molecule has 3 aliphatic rings. The van der Waals surface area contributed by atoms with E-state index < -0.39 is 51.5 Å². The predicted octanol–water partition coefficient (Wildman–Crippen LogP) is 2.16. The van der Waals surface area contributed by atoms with Crippen molar-refractivity contribution in [1.29, 1.82) is 0 Å². The molecule has 3 aliphatic heterocycles. The van der Waals surface area contributed by atoms with Gasteiger partial charge in [0.1, 0.15) is 6.23 Å². The van der Waals surface area contributed by atoms with E-state index >= 15 is 0 Å². The molecule has 14 nitrogen and oxygen atoms in total. The van der Waals surface area contributed by atoms with Crippen molar-refractivity contribution in [2.75, 3.05) is 32.8 Å². The average molecular weight is 635 g/mol. The number of morpholine rings is 1. The Bertz CT molecular complexity index is 1240. The molecule has 3 N–H and O–H groups in total. The van der Waals surface area contributed by atoms with Crippen molar-refractivity contribution >= 4 is 16.1 Å². The van der Waals surface area contributed by atoms with E-state index in [2.05, 4.69) is 38.8 Å². The molecule has 4 heterocycles. The zero-order valence-electron chi connectivity index (χ0n) is 25.6. The molecule has 0 bridgehead atoms. The lowest BCUT2D eigenvalue weighted by Gasteiger charge is -2.42. The van der Waals surface area contributed by atoms with Gasteiger partial charge < -0.3 is 33.2 Å². The van der Waals surface area contributed by atoms with Crippen molar-refractivity contribution in [2.24, 2.45) is 0 Å². The third kappa shape index (κ3) is 8.27. The number of rotatable bonds is 10. The summed E-state index contributed by atoms with van der Waals surface area (Å²) in [4.78, 5) is 46.9. The average Bonchev–Trinajstić information content (AvgIpc) is 3.39. The van der Waals surface area contributed by atoms with Gasteiger partial charge in [0.15, 0.2) is 14.1 Å². The Morgan fingerprint density at radius 3 is 2.55 bits per heavy atom. The van der Waals surface area contributed by atoms with E-state index in [0.717, 1.165) is 4.78 Å². The summed E-state index contributed by atoms with van der Waals surface area (Å²) < 4.78 is 45.7. The number of aromatic amines is 1. The molecule has 0 amide bonds. The number of H-pyrrole nitrogens is 1. The highest BCUT2D eigenvalue weighted by molar-refractivity contribution is 7.49. The highest BCUT2D eigenvalue weighted by atomic mass is 31.2. The van der Waals surface area contributed by atoms with Crippen LogP contribution in [-0.4, -0.2) is 100 Å². The van der Waals surface area contributed by atoms with Crippen LogP contribution in [0.1, 0.15) is 60.1 Å². The Kier molecular flexibility index (Phi) is 10.1. The van der Waals surface area contributed by atoms with E-state index in [-0.39, 0.29) is 36.9 Å². The summed E-state index contributed by atoms with van der Waals surface area (Å²) in [5.41, 5.74) is -1.04. The number of hydrogen-bond acceptors (Lipinski definition) is 9. The zero-order valence-corrected chi connectivity index (χ0v) is 27.5. The van der Waals surface area contributed by atoms with E-state index in [4.69, 9.17) is 23.4 Å². The first-order valence-electron chi connectivity index (χ1n) is 14.5. The van der Waals surface area contributed by atoms with Crippen LogP contribution < -0.4 is 11.2 Å². The van der Waals surface area contributed by atoms with Gasteiger partial charge in [-0.15, -0.1) is 4.78 Å². The van der Waals surface area contributed by atoms with Crippen LogP contribution in [-0.2, 0) is 27.9 Å². The van der Waals surface area contributed by atoms with E-state index in [0.29, 0.717) is 32.4 Å². The first-order valence-corrected chi connectivity index (χ1v) is 19.0. The summed E-state index contributed by atoms with van der Waals surface area (Å²) in [5, 5.41) is 1.59. The number of hydrazine groups is 1. The minimum absolute atomic E-state index is 0.0597. The molecule has 0 radical (unpaired) electrons. The lowest BCUT2D eigenvalue weighted by molar-refractivity contribution is -0.142. The minimum Gasteiger partial charge on any atom is -0.411 e. The Morgan fingerprint density at radius 2 is 1.95 bits per heavy atom. The molecule has 4 rings (SSSR count). The van der Waals surface area contributed by atoms with Gasteiger partial charge in [-0.05, 0) is 38.4 Å². The molecule has 1 aromatic rings. The molecule has 0 spiro atoms. The van der Waals surface area contributed by atoms with Crippen molar-refractivity contribution in [3.05, 3.63) is 33.1 Å². The van der Waals surface area contributed by atoms with Crippen LogP contribution in [0.25, 0.3) is 0 Å². The summed E-state index contributed by atoms with van der Waals surface area (Å²) in [6, 6.07) is 1.28. The molecular weight excluding hydrogens is 587 g/mol. The molecular formula is C26H47N4O10PSi. The molecule has 5 atom stereocenters. The van der Waals surface area contributed by atoms with Gasteiger partial charge in [0.05, 0.1) is 37.6 Å². The maximum absolute atomic E-state index is 12.5. The standard InChI is InChI=1S/C26H47N4O10PSi/c1-25(2,3)42(6,7)40-21-15-23(29-10-9-22(31)27-24(29)32)38-20(21)14-19-16-28(12-13-36-19)30(41(33,34)35)11-8-18-17-37-26(4,5)39-18/h9-10,18-21,23H,8,11-17H2,1-7H3,(H,27,31,32)(H2,33,34,35)/t18?,19?,20-,21+,23-/m1/s1. The molecule has 42 heavy (non-hydrogen) atoms. The summed E-state index contributed by atoms with van der Waals surface area (Å²) in [6.45, 7) is 15.7. The van der Waals surface area contributed by atoms with Crippen LogP contribution in [0, 0.1) is 0 Å². The molecule has 3 fully saturated rings. The van der Waals surface area contributed by atoms with Crippen molar-refractivity contribution in [1.82, 2.24) is 19.3 Å². The van der Waals surface area contributed by atoms with Gasteiger partial charge in [0.25, 0.3) is 5.56 Å². The fourth-order valence-electron chi connectivity index (χ4n) is 5.33. The largest absolute Gasteiger partial charge is 0.416 e. The molecule has 240 valence electrons. The molecule has 0 aliphatic carbocycles. The third-order valence-corrected chi connectivity index (χ3v) is 14.1. The first-order chi connectivity index (χ1) is 19.3. The van der Waals surface area contributed by atoms with Crippen molar-refractivity contribution in [3.8, 4) is 0 Å². The number of ether oxygens (including phenoxy) is 4. The Hall–Kier alpha value is -1.23. The number of hydrogen-bond donors (Lipinski definition) is 3. The smallest absolute Gasteiger partial charge is 0.411 e. The molecule has 2 unspecified atom stereocenters. The van der Waals surface area contributed by atoms with Gasteiger partial charge in [-0.25, -0.2) is 14.4 Å². The SMILES string of the molecule is CC1(C)OCC(CCN(N2CCOC(C[C@H]3O[C@@H](n4ccc(=O)[nH]c4=O)C[C@@H]3O[Si](C)(C)C(C)(C)C)C2)P(=O)(O)O)O1. The highest BCUT2D eigenvalue weighted by Gasteiger charge is 2.46. The van der Waals surface area contributed by atoms with Crippen molar-refractivity contribution in [3.63, 3.8) is 0 Å². The van der Waals surface area contributed by atoms with Gasteiger partial charge in [-0.3, -0.25) is 14.3 Å². The van der Waals surface area contributed by atoms with Crippen LogP contribution in [0.15, 0.2) is 21.9 Å². The van der Waals surface area contributed by atoms with Crippen LogP contribution >= 0.6 is 7.75 Å². The van der Waals surface area contributed by atoms with Crippen molar-refractivity contribution < 1.29 is 37.7 Å². The molecule has 16 heteroatoms. The molecule has 1 aromatic heterocycles. The van der Waals surface area contributed by atoms with Gasteiger partial charge >= 0.3 is 13.4 Å². The van der Waals surface area contributed by atoms with Crippen LogP contribution in [0.4, 0.5) is 0 Å². The minimum atomic E-state index is -4.62. The fraction of sp³-hybridized carbons (Fsp3) is 0.846. The van der Waals surface area contributed by atoms with Crippen LogP contribution in [0.5, 0.6) is 0 Å². The maximum atomic E-state index is 12.5. The van der Waals surface area contributed by atoms with Gasteiger partial charge in [-0.2, -0.15) is 0 Å². The van der Waals surface area contributed by atoms with Crippen LogP contribution in [0.3, 0.4) is 0 Å². The van der Waals surface area contributed by atoms with Crippen molar-refractivity contribution in [2.45, 2.75) is 108 Å². The summed E-state index contributed by atoms with van der Waals surface area (Å²) in [6.07, 6.45) is 0.532. The Balaban J connectivity index is 1.48. The lowest BCUT2D eigenvalue weighted by Crippen LogP contribution is -2.52. The summed E-state index contributed by atoms with van der Waals surface area (Å²) in [5.74, 6) is -0.718. The predicted molar refractivity (Wildman–Crippen MR) is 156 cm³/mol. The zero-order chi connectivity index (χ0) is 31.1. The fourth-order valence-corrected chi connectivity index (χ4v) is 7.56. The normalized spacial score (nSPS) is 29.4. The van der Waals surface area contributed by atoms with Gasteiger partial charge in [0.2, 0.25) is 0 Å². The highest BCUT2D eigenvalue weighted by Crippen LogP contribution is 2.44. The first kappa shape index (κ1) is 33.7. The quantitative estimate of drug-likeness (QED) is 0.254. The second-order valence-corrected chi connectivity index (χ2v) is 19.5. The second-order valence-electron chi connectivity index (χ2n) is 13.3. The van der Waals surface area contributed by atoms with Gasteiger partial charge in [0, 0.05) is 44.7 Å². The molecule has 3 saturated heterocycles. The summed E-state index contributed by atoms with van der Waals surface area (Å²) in [7, 11) is -6.85. The summed E-state index contributed by atoms with van der Waals surface area (Å²) >= 11 is 0. The monoisotopic (exact) mass is 634 g/mol. The lowest BCUT2D eigenvalue weighted by atomic mass is 10.1. The number of nitrogens with one attached hydrogen (secondary N) is 1. The van der Waals surface area contributed by atoms with E-state index in [1.165, 1.54) is 16.8 Å². The molecule has 0 aromatic carbocycles. The maximum Gasteiger partial charge on any atom is 0.416 e. The topological polar surface area (TPSA) is 165 Å². The molecule has 0 saturated carbocycles. The Morgan fingerprint density at radius 1 is 1.24 bits per heavy atom.